The summed E-state index contributed by atoms with van der Waals surface area (Å²) in [6.07, 6.45) is 6.90. The second kappa shape index (κ2) is 35.3. The minimum Gasteiger partial charge on any atom is -0.355 e. The van der Waals surface area contributed by atoms with Crippen LogP contribution in [0.4, 0.5) is 0 Å². The first-order chi connectivity index (χ1) is 36.2. The summed E-state index contributed by atoms with van der Waals surface area (Å²) >= 11 is 0. The molecule has 3 saturated heterocycles. The standard InChI is InChI=1S/C16H18N2O5S2.2C15H17N3O5S2/c19-12(9-11-24-25-13-5-1-2-10-17-13)4-3-6-16(22)23-18-14(20)7-8-15(18)21;2*19-11(7-10-24-25-12-3-1-2-8-17-12)16-9-6-15(22)23-18-13(20)4-5-14(18)21/h1-2,5,10H,3-4,6-9,11H2;2*1-3,8H,4-7,9-10H2,(H,16,19)/i;6+1,9+1,15+1,16+1;15+1,16+1. The number of pyridine rings is 3. The monoisotopic (exact) mass is 1150 g/mol. The van der Waals surface area contributed by atoms with Gasteiger partial charge in [-0.3, -0.25) is 43.2 Å². The van der Waals surface area contributed by atoms with Crippen LogP contribution in [-0.4, -0.2) is 131 Å². The van der Waals surface area contributed by atoms with Crippen LogP contribution in [0.15, 0.2) is 88.3 Å². The number of nitrogens with one attached hydrogen (secondary N) is 2. The molecular weight excluding hydrogens is 1100 g/mol. The number of carbonyl (C=O) groups is 12. The average Bonchev–Trinajstić information content (AvgIpc) is 4.02. The van der Waals surface area contributed by atoms with Crippen molar-refractivity contribution in [1.29, 1.82) is 0 Å². The predicted octanol–water partition coefficient (Wildman–Crippen LogP) is 5.21. The third kappa shape index (κ3) is 25.4. The highest BCUT2D eigenvalue weighted by atomic mass is 33.1. The summed E-state index contributed by atoms with van der Waals surface area (Å²) in [7, 11) is 9.09. The number of rotatable bonds is 28. The average molecular weight is 1160 g/mol. The van der Waals surface area contributed by atoms with Gasteiger partial charge in [0, 0.05) is 120 Å². The molecule has 2 N–H and O–H groups in total. The van der Waals surface area contributed by atoms with Gasteiger partial charge in [0.2, 0.25) is 11.8 Å². The molecule has 6 heterocycles. The molecule has 6 rings (SSSR count). The summed E-state index contributed by atoms with van der Waals surface area (Å²) in [6, 6.07) is 16.9. The Morgan fingerprint density at radius 2 is 0.747 bits per heavy atom. The topological polar surface area (TPSA) is 305 Å². The summed E-state index contributed by atoms with van der Waals surface area (Å²) in [5.74, 6) is -3.66. The zero-order valence-corrected chi connectivity index (χ0v) is 45.0. The molecule has 3 aliphatic heterocycles. The number of aromatic nitrogens is 3. The van der Waals surface area contributed by atoms with Crippen molar-refractivity contribution in [3.05, 3.63) is 73.2 Å². The summed E-state index contributed by atoms with van der Waals surface area (Å²) < 4.78 is 0. The number of imide groups is 3. The number of ketones is 1. The van der Waals surface area contributed by atoms with Crippen molar-refractivity contribution in [3.63, 3.8) is 0 Å². The molecule has 3 fully saturated rings. The molecule has 8 amide bonds. The van der Waals surface area contributed by atoms with E-state index >= 15 is 0 Å². The van der Waals surface area contributed by atoms with E-state index in [1.807, 2.05) is 54.6 Å². The van der Waals surface area contributed by atoms with Gasteiger partial charge in [-0.25, -0.2) is 29.3 Å². The Balaban J connectivity index is 0.000000243. The fourth-order valence-corrected chi connectivity index (χ4v) is 11.3. The zero-order valence-electron chi connectivity index (χ0n) is 40.1. The molecule has 75 heavy (non-hydrogen) atoms. The minimum atomic E-state index is -0.732. The Labute approximate surface area is 454 Å². The van der Waals surface area contributed by atoms with Gasteiger partial charge in [0.05, 0.1) is 12.8 Å². The number of Topliss-reactive ketones (excluding diaryl/α,β-unsaturated/α-hetero) is 1. The molecule has 29 heteroatoms. The number of hydroxylamine groups is 6. The van der Waals surface area contributed by atoms with Crippen molar-refractivity contribution >= 4 is 136 Å². The molecule has 0 aliphatic carbocycles. The number of carbonyl (C=O) groups excluding carboxylic acids is 12. The lowest BCUT2D eigenvalue weighted by Gasteiger charge is -2.12. The smallest absolute Gasteiger partial charge is 0.334 e. The molecule has 0 aromatic carbocycles. The van der Waals surface area contributed by atoms with E-state index in [1.54, 1.807) is 29.4 Å². The van der Waals surface area contributed by atoms with Crippen molar-refractivity contribution in [2.24, 2.45) is 0 Å². The summed E-state index contributed by atoms with van der Waals surface area (Å²) in [5.41, 5.74) is 0. The van der Waals surface area contributed by atoms with Gasteiger partial charge >= 0.3 is 17.9 Å². The number of hydrogen-bond donors (Lipinski definition) is 2. The summed E-state index contributed by atoms with van der Waals surface area (Å²) in [6.45, 7) is 0.178. The van der Waals surface area contributed by atoms with Gasteiger partial charge in [-0.15, -0.1) is 15.2 Å². The fraction of sp³-hybridized carbons (Fsp3) is 0.413. The van der Waals surface area contributed by atoms with Gasteiger partial charge in [-0.2, -0.15) is 0 Å². The molecule has 3 aromatic heterocycles. The highest BCUT2D eigenvalue weighted by Gasteiger charge is 2.34. The van der Waals surface area contributed by atoms with Crippen LogP contribution in [0, 0.1) is 0 Å². The van der Waals surface area contributed by atoms with E-state index in [4.69, 9.17) is 14.5 Å². The molecular formula is C46H52N8O15S6. The SMILES string of the molecule is O=C(CCCC(=O)ON1C(=O)CCC1=O)CCSSc1ccccn1.O=C(CCSSc1ccccn1)[15NH]CC[13C](=O)ON1C(=O)CCC1=O.O=C(CCSSc1ccccn1)[15NH][13CH2][13CH2][13C](=O)ON1C(=O)CCC1=O. The molecule has 0 bridgehead atoms. The van der Waals surface area contributed by atoms with Gasteiger partial charge in [0.1, 0.15) is 20.9 Å². The lowest BCUT2D eigenvalue weighted by atomic mass is 10.1. The highest BCUT2D eigenvalue weighted by Crippen LogP contribution is 2.31. The van der Waals surface area contributed by atoms with Crippen LogP contribution in [0.2, 0.25) is 0 Å². The molecule has 402 valence electrons. The molecule has 0 radical (unpaired) electrons. The molecule has 0 atom stereocenters. The maximum atomic E-state index is 11.8. The maximum absolute atomic E-state index is 11.8. The van der Waals surface area contributed by atoms with Crippen LogP contribution >= 0.6 is 64.8 Å². The zero-order chi connectivity index (χ0) is 54.2. The van der Waals surface area contributed by atoms with E-state index in [-0.39, 0.29) is 94.9 Å². The Morgan fingerprint density at radius 1 is 0.427 bits per heavy atom. The highest BCUT2D eigenvalue weighted by molar-refractivity contribution is 8.77. The Kier molecular flexibility index (Phi) is 29.0. The Bertz CT molecular complexity index is 2140. The minimum absolute atomic E-state index is 0.00136. The quantitative estimate of drug-likeness (QED) is 0.0310. The van der Waals surface area contributed by atoms with Gasteiger partial charge in [-0.05, 0) is 75.2 Å². The third-order valence-electron chi connectivity index (χ3n) is 9.37. The predicted molar refractivity (Wildman–Crippen MR) is 277 cm³/mol. The lowest BCUT2D eigenvalue weighted by molar-refractivity contribution is -0.197. The van der Waals surface area contributed by atoms with Crippen LogP contribution in [0.1, 0.15) is 89.9 Å². The number of amides is 8. The third-order valence-corrected chi connectivity index (χ3v) is 16.2. The van der Waals surface area contributed by atoms with Gasteiger partial charge < -0.3 is 25.1 Å². The van der Waals surface area contributed by atoms with Crippen LogP contribution < -0.4 is 10.6 Å². The van der Waals surface area contributed by atoms with Crippen molar-refractivity contribution < 1.29 is 72.0 Å². The maximum Gasteiger partial charge on any atom is 0.334 e. The normalized spacial score (nSPS) is 13.9. The van der Waals surface area contributed by atoms with Crippen molar-refractivity contribution in [2.75, 3.05) is 30.3 Å². The van der Waals surface area contributed by atoms with E-state index in [0.717, 1.165) is 15.1 Å². The largest absolute Gasteiger partial charge is 0.355 e. The molecule has 23 nitrogen and oxygen atoms in total. The fourth-order valence-electron chi connectivity index (χ4n) is 5.68. The second-order valence-corrected chi connectivity index (χ2v) is 22.5. The summed E-state index contributed by atoms with van der Waals surface area (Å²) in [4.78, 5) is 164. The molecule has 0 saturated carbocycles. The van der Waals surface area contributed by atoms with E-state index < -0.39 is 53.4 Å². The van der Waals surface area contributed by atoms with Gasteiger partial charge in [0.25, 0.3) is 35.4 Å². The number of nitrogens with zero attached hydrogens (tertiary/aromatic N) is 6. The van der Waals surface area contributed by atoms with Gasteiger partial charge in [0.15, 0.2) is 0 Å². The van der Waals surface area contributed by atoms with E-state index in [2.05, 4.69) is 25.6 Å². The van der Waals surface area contributed by atoms with Crippen molar-refractivity contribution in [2.45, 2.75) is 105 Å². The van der Waals surface area contributed by atoms with E-state index in [1.165, 1.54) is 54.0 Å². The number of hydrogen-bond acceptors (Lipinski definition) is 24. The Morgan fingerprint density at radius 3 is 1.07 bits per heavy atom. The van der Waals surface area contributed by atoms with Crippen LogP contribution in [0.3, 0.4) is 0 Å². The molecule has 3 aliphatic rings. The second-order valence-electron chi connectivity index (χ2n) is 15.2. The van der Waals surface area contributed by atoms with Crippen LogP contribution in [0.5, 0.6) is 0 Å². The van der Waals surface area contributed by atoms with Gasteiger partial charge in [-0.1, -0.05) is 50.6 Å². The van der Waals surface area contributed by atoms with Crippen LogP contribution in [-0.2, 0) is 72.0 Å². The lowest BCUT2D eigenvalue weighted by Crippen LogP contribution is -2.33. The van der Waals surface area contributed by atoms with Crippen molar-refractivity contribution in [3.8, 4) is 0 Å². The van der Waals surface area contributed by atoms with Crippen LogP contribution in [0.25, 0.3) is 0 Å². The Hall–Kier alpha value is -6.01. The van der Waals surface area contributed by atoms with E-state index in [0.29, 0.717) is 58.1 Å². The molecule has 3 aromatic rings. The molecule has 0 spiro atoms. The first-order valence-electron chi connectivity index (χ1n) is 23.0. The van der Waals surface area contributed by atoms with Crippen molar-refractivity contribution in [1.82, 2.24) is 40.8 Å². The summed E-state index contributed by atoms with van der Waals surface area (Å²) in [5, 5.41) is 9.35. The first-order valence-corrected chi connectivity index (χ1v) is 30.0. The van der Waals surface area contributed by atoms with E-state index in [9.17, 15) is 57.5 Å². The first kappa shape index (κ1) is 61.5. The molecule has 0 unspecified atom stereocenters.